The van der Waals surface area contributed by atoms with Crippen LogP contribution in [-0.2, 0) is 17.5 Å². The van der Waals surface area contributed by atoms with E-state index in [9.17, 15) is 27.9 Å². The molecular weight excluding hydrogens is 327 g/mol. The van der Waals surface area contributed by atoms with Crippen LogP contribution in [0, 0.1) is 0 Å². The highest BCUT2D eigenvalue weighted by molar-refractivity contribution is 5.76. The summed E-state index contributed by atoms with van der Waals surface area (Å²) in [6, 6.07) is 1.52. The number of amides is 1. The SMILES string of the molecule is C[C@@H](O)CN1CCN(C(=O)Cn2cc(C(F)(F)F)ccc2=O)CC1. The maximum Gasteiger partial charge on any atom is 0.417 e. The van der Waals surface area contributed by atoms with Gasteiger partial charge in [-0.3, -0.25) is 14.5 Å². The summed E-state index contributed by atoms with van der Waals surface area (Å²) in [6.45, 7) is 3.76. The summed E-state index contributed by atoms with van der Waals surface area (Å²) in [4.78, 5) is 27.4. The predicted octanol–water partition coefficient (Wildman–Crippen LogP) is 0.392. The molecule has 0 aliphatic carbocycles. The van der Waals surface area contributed by atoms with Gasteiger partial charge in [0.25, 0.3) is 5.56 Å². The van der Waals surface area contributed by atoms with E-state index in [2.05, 4.69) is 0 Å². The second-order valence-electron chi connectivity index (χ2n) is 5.91. The van der Waals surface area contributed by atoms with Crippen molar-refractivity contribution in [1.82, 2.24) is 14.4 Å². The molecule has 1 fully saturated rings. The lowest BCUT2D eigenvalue weighted by molar-refractivity contribution is -0.139. The van der Waals surface area contributed by atoms with Crippen molar-refractivity contribution in [2.45, 2.75) is 25.7 Å². The number of pyridine rings is 1. The molecule has 1 aromatic rings. The predicted molar refractivity (Wildman–Crippen MR) is 80.4 cm³/mol. The summed E-state index contributed by atoms with van der Waals surface area (Å²) < 4.78 is 38.9. The molecule has 1 N–H and O–H groups in total. The lowest BCUT2D eigenvalue weighted by atomic mass is 10.2. The van der Waals surface area contributed by atoms with Gasteiger partial charge in [-0.15, -0.1) is 0 Å². The van der Waals surface area contributed by atoms with Crippen LogP contribution in [0.5, 0.6) is 0 Å². The van der Waals surface area contributed by atoms with E-state index in [1.807, 2.05) is 4.90 Å². The summed E-state index contributed by atoms with van der Waals surface area (Å²) >= 11 is 0. The molecule has 6 nitrogen and oxygen atoms in total. The first-order valence-electron chi connectivity index (χ1n) is 7.62. The molecule has 0 bridgehead atoms. The minimum Gasteiger partial charge on any atom is -0.392 e. The Morgan fingerprint density at radius 1 is 1.25 bits per heavy atom. The molecule has 1 atom stereocenters. The molecule has 24 heavy (non-hydrogen) atoms. The summed E-state index contributed by atoms with van der Waals surface area (Å²) in [6.07, 6.45) is -4.36. The van der Waals surface area contributed by atoms with Crippen molar-refractivity contribution in [1.29, 1.82) is 0 Å². The van der Waals surface area contributed by atoms with Crippen LogP contribution < -0.4 is 5.56 Å². The number of β-amino-alcohol motifs (C(OH)–C–C–N with tert-alkyl or cyclic N) is 1. The normalized spacial score (nSPS) is 17.8. The Balaban J connectivity index is 1.99. The highest BCUT2D eigenvalue weighted by Crippen LogP contribution is 2.28. The van der Waals surface area contributed by atoms with E-state index in [1.165, 1.54) is 4.90 Å². The average Bonchev–Trinajstić information content (AvgIpc) is 2.48. The quantitative estimate of drug-likeness (QED) is 0.856. The third-order valence-corrected chi connectivity index (χ3v) is 3.86. The van der Waals surface area contributed by atoms with Gasteiger partial charge in [-0.05, 0) is 13.0 Å². The van der Waals surface area contributed by atoms with Crippen LogP contribution in [0.3, 0.4) is 0 Å². The summed E-state index contributed by atoms with van der Waals surface area (Å²) in [5.41, 5.74) is -1.61. The second kappa shape index (κ2) is 7.35. The Kier molecular flexibility index (Phi) is 5.66. The van der Waals surface area contributed by atoms with Crippen LogP contribution in [0.1, 0.15) is 12.5 Å². The summed E-state index contributed by atoms with van der Waals surface area (Å²) in [5, 5.41) is 9.34. The number of rotatable bonds is 4. The number of carbonyl (C=O) groups is 1. The monoisotopic (exact) mass is 347 g/mol. The molecule has 0 aromatic carbocycles. The molecule has 1 aliphatic heterocycles. The van der Waals surface area contributed by atoms with Crippen molar-refractivity contribution < 1.29 is 23.1 Å². The van der Waals surface area contributed by atoms with Gasteiger partial charge in [0.2, 0.25) is 5.91 Å². The first kappa shape index (κ1) is 18.5. The summed E-state index contributed by atoms with van der Waals surface area (Å²) in [7, 11) is 0. The molecule has 0 saturated carbocycles. The molecule has 0 spiro atoms. The van der Waals surface area contributed by atoms with E-state index in [1.54, 1.807) is 6.92 Å². The fraction of sp³-hybridized carbons (Fsp3) is 0.600. The largest absolute Gasteiger partial charge is 0.417 e. The Hall–Kier alpha value is -1.87. The maximum absolute atomic E-state index is 12.7. The van der Waals surface area contributed by atoms with E-state index in [-0.39, 0.29) is 0 Å². The fourth-order valence-electron chi connectivity index (χ4n) is 2.62. The van der Waals surface area contributed by atoms with Gasteiger partial charge in [-0.1, -0.05) is 0 Å². The number of hydrogen-bond acceptors (Lipinski definition) is 4. The van der Waals surface area contributed by atoms with Gasteiger partial charge >= 0.3 is 6.18 Å². The van der Waals surface area contributed by atoms with Crippen LogP contribution >= 0.6 is 0 Å². The average molecular weight is 347 g/mol. The highest BCUT2D eigenvalue weighted by atomic mass is 19.4. The van der Waals surface area contributed by atoms with Gasteiger partial charge in [-0.2, -0.15) is 13.2 Å². The second-order valence-corrected chi connectivity index (χ2v) is 5.91. The minimum atomic E-state index is -4.56. The molecule has 0 radical (unpaired) electrons. The van der Waals surface area contributed by atoms with Crippen molar-refractivity contribution in [2.75, 3.05) is 32.7 Å². The highest BCUT2D eigenvalue weighted by Gasteiger charge is 2.31. The van der Waals surface area contributed by atoms with Gasteiger partial charge in [0.05, 0.1) is 11.7 Å². The number of aliphatic hydroxyl groups is 1. The number of piperazine rings is 1. The fourth-order valence-corrected chi connectivity index (χ4v) is 2.62. The third kappa shape index (κ3) is 4.81. The van der Waals surface area contributed by atoms with Gasteiger partial charge in [0.1, 0.15) is 6.54 Å². The van der Waals surface area contributed by atoms with Gasteiger partial charge in [0, 0.05) is 45.0 Å². The van der Waals surface area contributed by atoms with Crippen molar-refractivity contribution in [2.24, 2.45) is 0 Å². The molecule has 1 amide bonds. The Morgan fingerprint density at radius 3 is 2.42 bits per heavy atom. The molecular formula is C15H20F3N3O3. The van der Waals surface area contributed by atoms with Crippen molar-refractivity contribution in [3.8, 4) is 0 Å². The lowest BCUT2D eigenvalue weighted by Gasteiger charge is -2.35. The molecule has 134 valence electrons. The van der Waals surface area contributed by atoms with Crippen molar-refractivity contribution >= 4 is 5.91 Å². The topological polar surface area (TPSA) is 65.8 Å². The molecule has 1 saturated heterocycles. The molecule has 2 rings (SSSR count). The number of hydrogen-bond donors (Lipinski definition) is 1. The van der Waals surface area contributed by atoms with Gasteiger partial charge < -0.3 is 14.6 Å². The summed E-state index contributed by atoms with van der Waals surface area (Å²) in [5.74, 6) is -0.395. The Labute approximate surface area is 137 Å². The maximum atomic E-state index is 12.7. The van der Waals surface area contributed by atoms with Gasteiger partial charge in [0.15, 0.2) is 0 Å². The smallest absolute Gasteiger partial charge is 0.392 e. The van der Waals surface area contributed by atoms with Crippen LogP contribution in [0.25, 0.3) is 0 Å². The van der Waals surface area contributed by atoms with Crippen molar-refractivity contribution in [3.63, 3.8) is 0 Å². The lowest BCUT2D eigenvalue weighted by Crippen LogP contribution is -2.51. The number of halogens is 3. The van der Waals surface area contributed by atoms with Crippen LogP contribution in [0.2, 0.25) is 0 Å². The van der Waals surface area contributed by atoms with Crippen LogP contribution in [0.15, 0.2) is 23.1 Å². The Morgan fingerprint density at radius 2 is 1.88 bits per heavy atom. The van der Waals surface area contributed by atoms with Crippen LogP contribution in [-0.4, -0.2) is 64.2 Å². The van der Waals surface area contributed by atoms with Crippen LogP contribution in [0.4, 0.5) is 13.2 Å². The molecule has 0 unspecified atom stereocenters. The zero-order chi connectivity index (χ0) is 17.9. The van der Waals surface area contributed by atoms with Crippen molar-refractivity contribution in [3.05, 3.63) is 34.2 Å². The van der Waals surface area contributed by atoms with E-state index >= 15 is 0 Å². The molecule has 9 heteroatoms. The van der Waals surface area contributed by atoms with Gasteiger partial charge in [-0.25, -0.2) is 0 Å². The van der Waals surface area contributed by atoms with E-state index in [4.69, 9.17) is 0 Å². The molecule has 1 aromatic heterocycles. The molecule has 1 aliphatic rings. The molecule has 2 heterocycles. The zero-order valence-electron chi connectivity index (χ0n) is 13.3. The minimum absolute atomic E-state index is 0.395. The first-order valence-corrected chi connectivity index (χ1v) is 7.62. The zero-order valence-corrected chi connectivity index (χ0v) is 13.3. The number of aliphatic hydroxyl groups excluding tert-OH is 1. The number of carbonyl (C=O) groups excluding carboxylic acids is 1. The number of nitrogens with zero attached hydrogens (tertiary/aromatic N) is 3. The van der Waals surface area contributed by atoms with E-state index in [0.29, 0.717) is 45.0 Å². The van der Waals surface area contributed by atoms with E-state index < -0.39 is 35.9 Å². The standard InChI is InChI=1S/C15H20F3N3O3/c1-11(22)8-19-4-6-20(7-5-19)14(24)10-21-9-12(15(16,17)18)2-3-13(21)23/h2-3,9,11,22H,4-8,10H2,1H3/t11-/m1/s1. The number of aromatic nitrogens is 1. The first-order chi connectivity index (χ1) is 11.2. The van der Waals surface area contributed by atoms with E-state index in [0.717, 1.165) is 10.6 Å². The Bertz CT molecular complexity index is 635. The number of alkyl halides is 3. The third-order valence-electron chi connectivity index (χ3n) is 3.86.